The molecule has 26 heavy (non-hydrogen) atoms. The molecular weight excluding hydrogens is 332 g/mol. The summed E-state index contributed by atoms with van der Waals surface area (Å²) in [6, 6.07) is 6.01. The molecule has 1 saturated heterocycles. The molecule has 0 saturated carbocycles. The van der Waals surface area contributed by atoms with E-state index < -0.39 is 6.10 Å². The molecule has 1 atom stereocenters. The number of hydrogen-bond acceptors (Lipinski definition) is 6. The second-order valence-corrected chi connectivity index (χ2v) is 6.43. The predicted octanol–water partition coefficient (Wildman–Crippen LogP) is 1.83. The van der Waals surface area contributed by atoms with Crippen LogP contribution < -0.4 is 10.1 Å². The van der Waals surface area contributed by atoms with Crippen molar-refractivity contribution < 1.29 is 14.3 Å². The quantitative estimate of drug-likeness (QED) is 0.881. The van der Waals surface area contributed by atoms with Crippen LogP contribution in [0.2, 0.25) is 0 Å². The van der Waals surface area contributed by atoms with Gasteiger partial charge in [-0.1, -0.05) is 17.7 Å². The Kier molecular flexibility index (Phi) is 5.80. The van der Waals surface area contributed by atoms with Crippen LogP contribution in [0.15, 0.2) is 30.6 Å². The summed E-state index contributed by atoms with van der Waals surface area (Å²) in [5.74, 6) is 1.14. The summed E-state index contributed by atoms with van der Waals surface area (Å²) in [6.45, 7) is 6.50. The zero-order valence-electron chi connectivity index (χ0n) is 15.4. The van der Waals surface area contributed by atoms with Crippen molar-refractivity contribution in [2.75, 3.05) is 26.7 Å². The Bertz CT molecular complexity index is 764. The highest BCUT2D eigenvalue weighted by molar-refractivity contribution is 5.80. The fourth-order valence-electron chi connectivity index (χ4n) is 2.90. The first-order valence-corrected chi connectivity index (χ1v) is 8.66. The number of aryl methyl sites for hydroxylation is 2. The first-order chi connectivity index (χ1) is 12.5. The maximum absolute atomic E-state index is 11.7. The standard InChI is InChI=1S/C19H24N4O3/c1-13-4-5-16(14(2)8-13)26-18-10-21-15(9-22-18)11-23-6-7-25-17(12-23)19(24)20-3/h4-5,8-10,17H,6-7,11-12H2,1-3H3,(H,20,24). The van der Waals surface area contributed by atoms with Crippen molar-refractivity contribution in [3.63, 3.8) is 0 Å². The molecule has 0 bridgehead atoms. The number of hydrogen-bond donors (Lipinski definition) is 1. The van der Waals surface area contributed by atoms with E-state index >= 15 is 0 Å². The molecule has 0 spiro atoms. The van der Waals surface area contributed by atoms with Crippen LogP contribution in [0.5, 0.6) is 11.6 Å². The molecule has 7 heteroatoms. The smallest absolute Gasteiger partial charge is 0.250 e. The Morgan fingerprint density at radius 2 is 2.19 bits per heavy atom. The van der Waals surface area contributed by atoms with Crippen LogP contribution >= 0.6 is 0 Å². The van der Waals surface area contributed by atoms with E-state index in [0.717, 1.165) is 23.6 Å². The van der Waals surface area contributed by atoms with E-state index in [9.17, 15) is 4.79 Å². The third kappa shape index (κ3) is 4.56. The second-order valence-electron chi connectivity index (χ2n) is 6.43. The first kappa shape index (κ1) is 18.3. The molecular formula is C19H24N4O3. The molecule has 2 aromatic rings. The van der Waals surface area contributed by atoms with Crippen molar-refractivity contribution in [3.8, 4) is 11.6 Å². The van der Waals surface area contributed by atoms with E-state index in [1.54, 1.807) is 19.4 Å². The number of likely N-dealkylation sites (N-methyl/N-ethyl adjacent to an activating group) is 1. The molecule has 2 heterocycles. The van der Waals surface area contributed by atoms with Gasteiger partial charge in [0.25, 0.3) is 0 Å². The molecule has 1 aliphatic heterocycles. The van der Waals surface area contributed by atoms with Gasteiger partial charge in [0.05, 0.1) is 24.7 Å². The highest BCUT2D eigenvalue weighted by Crippen LogP contribution is 2.24. The molecule has 1 amide bonds. The summed E-state index contributed by atoms with van der Waals surface area (Å²) < 4.78 is 11.3. The Balaban J connectivity index is 1.60. The lowest BCUT2D eigenvalue weighted by molar-refractivity contribution is -0.138. The van der Waals surface area contributed by atoms with Crippen LogP contribution in [0.1, 0.15) is 16.8 Å². The van der Waals surface area contributed by atoms with Gasteiger partial charge >= 0.3 is 0 Å². The van der Waals surface area contributed by atoms with E-state index in [0.29, 0.717) is 25.6 Å². The van der Waals surface area contributed by atoms with Gasteiger partial charge in [-0.3, -0.25) is 14.7 Å². The number of amides is 1. The summed E-state index contributed by atoms with van der Waals surface area (Å²) in [5.41, 5.74) is 3.08. The lowest BCUT2D eigenvalue weighted by Crippen LogP contribution is -2.48. The van der Waals surface area contributed by atoms with Crippen LogP contribution in [0.4, 0.5) is 0 Å². The molecule has 0 radical (unpaired) electrons. The topological polar surface area (TPSA) is 76.6 Å². The van der Waals surface area contributed by atoms with E-state index in [-0.39, 0.29) is 5.91 Å². The van der Waals surface area contributed by atoms with Crippen LogP contribution in [0.3, 0.4) is 0 Å². The number of morpholine rings is 1. The number of ether oxygens (including phenoxy) is 2. The van der Waals surface area contributed by atoms with E-state index in [1.165, 1.54) is 5.56 Å². The average molecular weight is 356 g/mol. The predicted molar refractivity (Wildman–Crippen MR) is 97.1 cm³/mol. The van der Waals surface area contributed by atoms with Gasteiger partial charge in [0.15, 0.2) is 0 Å². The van der Waals surface area contributed by atoms with Gasteiger partial charge < -0.3 is 14.8 Å². The monoisotopic (exact) mass is 356 g/mol. The number of nitrogens with one attached hydrogen (secondary N) is 1. The Hall–Kier alpha value is -2.51. The summed E-state index contributed by atoms with van der Waals surface area (Å²) in [6.07, 6.45) is 2.91. The van der Waals surface area contributed by atoms with Gasteiger partial charge in [0, 0.05) is 26.7 Å². The fraction of sp³-hybridized carbons (Fsp3) is 0.421. The number of benzene rings is 1. The Morgan fingerprint density at radius 3 is 2.88 bits per heavy atom. The maximum atomic E-state index is 11.7. The Morgan fingerprint density at radius 1 is 1.35 bits per heavy atom. The van der Waals surface area contributed by atoms with Gasteiger partial charge in [-0.15, -0.1) is 0 Å². The summed E-state index contributed by atoms with van der Waals surface area (Å²) in [5, 5.41) is 2.62. The van der Waals surface area contributed by atoms with Crippen LogP contribution in [0.25, 0.3) is 0 Å². The van der Waals surface area contributed by atoms with Crippen molar-refractivity contribution in [1.82, 2.24) is 20.2 Å². The maximum Gasteiger partial charge on any atom is 0.250 e. The molecule has 1 aromatic heterocycles. The molecule has 7 nitrogen and oxygen atoms in total. The van der Waals surface area contributed by atoms with E-state index in [2.05, 4.69) is 26.3 Å². The third-order valence-electron chi connectivity index (χ3n) is 4.30. The lowest BCUT2D eigenvalue weighted by atomic mass is 10.1. The summed E-state index contributed by atoms with van der Waals surface area (Å²) in [4.78, 5) is 22.6. The lowest BCUT2D eigenvalue weighted by Gasteiger charge is -2.31. The van der Waals surface area contributed by atoms with Gasteiger partial charge in [0.2, 0.25) is 11.8 Å². The molecule has 1 aliphatic rings. The summed E-state index contributed by atoms with van der Waals surface area (Å²) in [7, 11) is 1.62. The van der Waals surface area contributed by atoms with Crippen molar-refractivity contribution in [1.29, 1.82) is 0 Å². The van der Waals surface area contributed by atoms with Crippen LogP contribution in [-0.4, -0.2) is 53.6 Å². The van der Waals surface area contributed by atoms with Crippen LogP contribution in [0, 0.1) is 13.8 Å². The minimum Gasteiger partial charge on any atom is -0.437 e. The minimum absolute atomic E-state index is 0.0991. The van der Waals surface area contributed by atoms with Crippen LogP contribution in [-0.2, 0) is 16.1 Å². The Labute approximate surface area is 153 Å². The number of rotatable bonds is 5. The first-order valence-electron chi connectivity index (χ1n) is 8.66. The second kappa shape index (κ2) is 8.25. The SMILES string of the molecule is CNC(=O)C1CN(Cc2cnc(Oc3ccc(C)cc3C)cn2)CCO1. The fourth-order valence-corrected chi connectivity index (χ4v) is 2.90. The average Bonchev–Trinajstić information content (AvgIpc) is 2.65. The normalized spacial score (nSPS) is 17.7. The zero-order valence-corrected chi connectivity index (χ0v) is 15.4. The van der Waals surface area contributed by atoms with Crippen molar-refractivity contribution in [2.24, 2.45) is 0 Å². The van der Waals surface area contributed by atoms with Crippen molar-refractivity contribution >= 4 is 5.91 Å². The number of carbonyl (C=O) groups is 1. The molecule has 1 N–H and O–H groups in total. The molecule has 1 aromatic carbocycles. The van der Waals surface area contributed by atoms with Crippen molar-refractivity contribution in [3.05, 3.63) is 47.4 Å². The number of nitrogens with zero attached hydrogens (tertiary/aromatic N) is 3. The van der Waals surface area contributed by atoms with Crippen molar-refractivity contribution in [2.45, 2.75) is 26.5 Å². The van der Waals surface area contributed by atoms with Gasteiger partial charge in [-0.05, 0) is 25.5 Å². The minimum atomic E-state index is -0.436. The summed E-state index contributed by atoms with van der Waals surface area (Å²) >= 11 is 0. The molecule has 138 valence electrons. The zero-order chi connectivity index (χ0) is 18.5. The molecule has 0 aliphatic carbocycles. The third-order valence-corrected chi connectivity index (χ3v) is 4.30. The van der Waals surface area contributed by atoms with E-state index in [4.69, 9.17) is 9.47 Å². The highest BCUT2D eigenvalue weighted by Gasteiger charge is 2.26. The van der Waals surface area contributed by atoms with E-state index in [1.807, 2.05) is 26.0 Å². The number of carbonyl (C=O) groups excluding carboxylic acids is 1. The van der Waals surface area contributed by atoms with Gasteiger partial charge in [-0.2, -0.15) is 0 Å². The molecule has 3 rings (SSSR count). The molecule has 1 fully saturated rings. The van der Waals surface area contributed by atoms with Gasteiger partial charge in [0.1, 0.15) is 11.9 Å². The van der Waals surface area contributed by atoms with Gasteiger partial charge in [-0.25, -0.2) is 4.98 Å². The largest absolute Gasteiger partial charge is 0.437 e. The highest BCUT2D eigenvalue weighted by atomic mass is 16.5. The molecule has 1 unspecified atom stereocenters. The number of aromatic nitrogens is 2.